The highest BCUT2D eigenvalue weighted by Crippen LogP contribution is 2.55. The molecule has 0 fully saturated rings. The van der Waals surface area contributed by atoms with E-state index in [1.807, 2.05) is 0 Å². The second-order valence-corrected chi connectivity index (χ2v) is 7.65. The van der Waals surface area contributed by atoms with Crippen LogP contribution in [0.25, 0.3) is 0 Å². The maximum absolute atomic E-state index is 2.34. The quantitative estimate of drug-likeness (QED) is 0.793. The molecule has 0 aromatic heterocycles. The average Bonchev–Trinajstić information content (AvgIpc) is 2.55. The van der Waals surface area contributed by atoms with Gasteiger partial charge in [0.1, 0.15) is 0 Å². The smallest absolute Gasteiger partial charge is 0.0321 e. The van der Waals surface area contributed by atoms with Crippen LogP contribution in [0.1, 0.15) is 34.1 Å². The predicted molar refractivity (Wildman–Crippen MR) is 101 cm³/mol. The molecule has 2 bridgehead atoms. The molecule has 2 aromatic carbocycles. The van der Waals surface area contributed by atoms with Crippen LogP contribution in [0.5, 0.6) is 0 Å². The lowest BCUT2D eigenvalue weighted by atomic mass is 9.61. The monoisotopic (exact) mass is 318 g/mol. The summed E-state index contributed by atoms with van der Waals surface area (Å²) in [5, 5.41) is 0. The van der Waals surface area contributed by atoms with Crippen LogP contribution < -0.4 is 0 Å². The molecule has 2 heteroatoms. The van der Waals surface area contributed by atoms with Gasteiger partial charge in [-0.15, -0.1) is 0 Å². The normalized spacial score (nSPS) is 21.4. The second-order valence-electron chi connectivity index (χ2n) is 7.65. The largest absolute Gasteiger partial charge is 0.305 e. The third-order valence-corrected chi connectivity index (χ3v) is 5.32. The minimum atomic E-state index is 0.416. The first-order valence-corrected chi connectivity index (χ1v) is 8.77. The minimum absolute atomic E-state index is 0.416. The maximum Gasteiger partial charge on any atom is 0.0321 e. The second kappa shape index (κ2) is 5.87. The number of hydrogen-bond acceptors (Lipinski definition) is 2. The fourth-order valence-electron chi connectivity index (χ4n) is 4.60. The van der Waals surface area contributed by atoms with E-state index in [0.717, 1.165) is 13.1 Å². The molecule has 0 radical (unpaired) electrons. The van der Waals surface area contributed by atoms with Crippen molar-refractivity contribution in [2.24, 2.45) is 0 Å². The molecule has 0 N–H and O–H groups in total. The number of benzene rings is 2. The van der Waals surface area contributed by atoms with Crippen molar-refractivity contribution in [3.63, 3.8) is 0 Å². The number of likely N-dealkylation sites (N-methyl/N-ethyl adjacent to an activating group) is 2. The third kappa shape index (κ3) is 2.33. The Morgan fingerprint density at radius 3 is 1.12 bits per heavy atom. The van der Waals surface area contributed by atoms with Crippen LogP contribution in [0.2, 0.25) is 0 Å². The van der Waals surface area contributed by atoms with Gasteiger partial charge in [0, 0.05) is 24.9 Å². The molecule has 2 nitrogen and oxygen atoms in total. The summed E-state index contributed by atoms with van der Waals surface area (Å²) in [6, 6.07) is 18.1. The molecule has 0 spiro atoms. The SMILES string of the molecule is CN(C)CC1=C(CN(C)C)C2c3ccccc3C1c1ccccc12. The van der Waals surface area contributed by atoms with Crippen molar-refractivity contribution in [3.05, 3.63) is 81.9 Å². The van der Waals surface area contributed by atoms with Gasteiger partial charge in [0.05, 0.1) is 0 Å². The predicted octanol–water partition coefficient (Wildman–Crippen LogP) is 3.70. The first-order valence-electron chi connectivity index (χ1n) is 8.77. The van der Waals surface area contributed by atoms with E-state index in [2.05, 4.69) is 86.5 Å². The van der Waals surface area contributed by atoms with Gasteiger partial charge in [0.15, 0.2) is 0 Å². The molecule has 0 atom stereocenters. The summed E-state index contributed by atoms with van der Waals surface area (Å²) in [6.45, 7) is 2.07. The first-order chi connectivity index (χ1) is 11.6. The molecule has 0 heterocycles. The highest BCUT2D eigenvalue weighted by molar-refractivity contribution is 5.65. The minimum Gasteiger partial charge on any atom is -0.305 e. The summed E-state index contributed by atoms with van der Waals surface area (Å²) < 4.78 is 0. The van der Waals surface area contributed by atoms with Gasteiger partial charge < -0.3 is 9.80 Å². The van der Waals surface area contributed by atoms with Gasteiger partial charge in [-0.25, -0.2) is 0 Å². The van der Waals surface area contributed by atoms with Crippen molar-refractivity contribution in [2.75, 3.05) is 41.3 Å². The van der Waals surface area contributed by atoms with E-state index in [9.17, 15) is 0 Å². The molecule has 5 rings (SSSR count). The molecule has 0 unspecified atom stereocenters. The van der Waals surface area contributed by atoms with Crippen LogP contribution in [0.4, 0.5) is 0 Å². The van der Waals surface area contributed by atoms with E-state index < -0.39 is 0 Å². The summed E-state index contributed by atoms with van der Waals surface area (Å²) in [4.78, 5) is 4.63. The van der Waals surface area contributed by atoms with Gasteiger partial charge in [0.25, 0.3) is 0 Å². The zero-order chi connectivity index (χ0) is 16.8. The lowest BCUT2D eigenvalue weighted by Gasteiger charge is -2.45. The molecule has 124 valence electrons. The highest BCUT2D eigenvalue weighted by atomic mass is 15.1. The highest BCUT2D eigenvalue weighted by Gasteiger charge is 2.42. The molecular weight excluding hydrogens is 292 g/mol. The van der Waals surface area contributed by atoms with E-state index in [1.54, 1.807) is 11.1 Å². The lowest BCUT2D eigenvalue weighted by Crippen LogP contribution is -2.35. The van der Waals surface area contributed by atoms with Gasteiger partial charge in [-0.3, -0.25) is 0 Å². The molecule has 0 saturated heterocycles. The Labute approximate surface area is 145 Å². The van der Waals surface area contributed by atoms with Crippen molar-refractivity contribution in [1.29, 1.82) is 0 Å². The zero-order valence-electron chi connectivity index (χ0n) is 15.1. The van der Waals surface area contributed by atoms with E-state index in [1.165, 1.54) is 22.3 Å². The molecule has 24 heavy (non-hydrogen) atoms. The van der Waals surface area contributed by atoms with Gasteiger partial charge in [-0.1, -0.05) is 48.5 Å². The Morgan fingerprint density at radius 1 is 0.583 bits per heavy atom. The van der Waals surface area contributed by atoms with Gasteiger partial charge in [-0.05, 0) is 61.6 Å². The van der Waals surface area contributed by atoms with E-state index >= 15 is 0 Å². The van der Waals surface area contributed by atoms with Crippen LogP contribution in [-0.2, 0) is 0 Å². The van der Waals surface area contributed by atoms with Crippen molar-refractivity contribution < 1.29 is 0 Å². The van der Waals surface area contributed by atoms with Crippen molar-refractivity contribution in [3.8, 4) is 0 Å². The van der Waals surface area contributed by atoms with Gasteiger partial charge >= 0.3 is 0 Å². The molecular formula is C22H26N2. The number of nitrogens with zero attached hydrogens (tertiary/aromatic N) is 2. The molecule has 0 aliphatic heterocycles. The summed E-state index contributed by atoms with van der Waals surface area (Å²) in [6.07, 6.45) is 0. The molecule has 0 amide bonds. The first kappa shape index (κ1) is 15.6. The Hall–Kier alpha value is -1.90. The van der Waals surface area contributed by atoms with Crippen molar-refractivity contribution >= 4 is 0 Å². The number of rotatable bonds is 4. The van der Waals surface area contributed by atoms with Crippen LogP contribution >= 0.6 is 0 Å². The van der Waals surface area contributed by atoms with Crippen LogP contribution in [0, 0.1) is 0 Å². The van der Waals surface area contributed by atoms with Gasteiger partial charge in [-0.2, -0.15) is 0 Å². The maximum atomic E-state index is 2.34. The summed E-state index contributed by atoms with van der Waals surface area (Å²) in [5.41, 5.74) is 9.27. The Morgan fingerprint density at radius 2 is 0.875 bits per heavy atom. The Bertz CT molecular complexity index is 688. The Kier molecular flexibility index (Phi) is 3.82. The van der Waals surface area contributed by atoms with E-state index in [4.69, 9.17) is 0 Å². The summed E-state index contributed by atoms with van der Waals surface area (Å²) >= 11 is 0. The topological polar surface area (TPSA) is 6.48 Å². The lowest BCUT2D eigenvalue weighted by molar-refractivity contribution is 0.404. The fraction of sp³-hybridized carbons (Fsp3) is 0.364. The average molecular weight is 318 g/mol. The van der Waals surface area contributed by atoms with E-state index in [-0.39, 0.29) is 0 Å². The standard InChI is InChI=1S/C22H26N2/c1-23(2)13-19-20(14-24(3)4)22-17-11-7-5-9-15(17)21(19)16-10-6-8-12-18(16)22/h5-12,21-22H,13-14H2,1-4H3. The molecule has 2 aromatic rings. The molecule has 3 aliphatic carbocycles. The van der Waals surface area contributed by atoms with Gasteiger partial charge in [0.2, 0.25) is 0 Å². The number of hydrogen-bond donors (Lipinski definition) is 0. The van der Waals surface area contributed by atoms with Crippen molar-refractivity contribution in [2.45, 2.75) is 11.8 Å². The van der Waals surface area contributed by atoms with E-state index in [0.29, 0.717) is 11.8 Å². The van der Waals surface area contributed by atoms with Crippen LogP contribution in [0.15, 0.2) is 59.7 Å². The molecule has 0 saturated carbocycles. The molecule has 3 aliphatic rings. The van der Waals surface area contributed by atoms with Crippen LogP contribution in [-0.4, -0.2) is 51.1 Å². The third-order valence-electron chi connectivity index (χ3n) is 5.32. The zero-order valence-corrected chi connectivity index (χ0v) is 15.1. The fourth-order valence-corrected chi connectivity index (χ4v) is 4.60. The van der Waals surface area contributed by atoms with Crippen LogP contribution in [0.3, 0.4) is 0 Å². The Balaban J connectivity index is 1.97. The summed E-state index contributed by atoms with van der Waals surface area (Å²) in [5.74, 6) is 0.833. The summed E-state index contributed by atoms with van der Waals surface area (Å²) in [7, 11) is 8.72. The van der Waals surface area contributed by atoms with Crippen molar-refractivity contribution in [1.82, 2.24) is 9.80 Å².